The maximum absolute atomic E-state index is 15.0. The van der Waals surface area contributed by atoms with Crippen LogP contribution in [0.4, 0.5) is 10.2 Å². The van der Waals surface area contributed by atoms with Crippen LogP contribution in [0.15, 0.2) is 85.2 Å². The lowest BCUT2D eigenvalue weighted by molar-refractivity contribution is -0.144. The minimum absolute atomic E-state index is 0.0340. The SMILES string of the molecule is Cc1cccnc1-n1c(OCc2cccc(NC(=O)C(C)(F)Oc3ccccc3)n2)nc2ncccc21. The predicted molar refractivity (Wildman–Crippen MR) is 135 cm³/mol. The van der Waals surface area contributed by atoms with Crippen LogP contribution >= 0.6 is 0 Å². The summed E-state index contributed by atoms with van der Waals surface area (Å²) in [5.74, 6) is -2.53. The highest BCUT2D eigenvalue weighted by molar-refractivity contribution is 5.95. The predicted octanol–water partition coefficient (Wildman–Crippen LogP) is 4.80. The van der Waals surface area contributed by atoms with Gasteiger partial charge in [-0.05, 0) is 55.0 Å². The molecular weight excluding hydrogens is 475 g/mol. The van der Waals surface area contributed by atoms with Gasteiger partial charge >= 0.3 is 17.8 Å². The normalized spacial score (nSPS) is 12.6. The monoisotopic (exact) mass is 498 g/mol. The first kappa shape index (κ1) is 23.9. The molecule has 37 heavy (non-hydrogen) atoms. The number of halogens is 1. The zero-order valence-electron chi connectivity index (χ0n) is 20.1. The number of amides is 1. The Bertz CT molecular complexity index is 1550. The number of rotatable bonds is 8. The van der Waals surface area contributed by atoms with Crippen LogP contribution in [0.5, 0.6) is 11.8 Å². The van der Waals surface area contributed by atoms with Crippen LogP contribution in [0.1, 0.15) is 18.2 Å². The van der Waals surface area contributed by atoms with Crippen LogP contribution in [-0.4, -0.2) is 36.3 Å². The van der Waals surface area contributed by atoms with E-state index in [1.165, 1.54) is 0 Å². The fourth-order valence-electron chi connectivity index (χ4n) is 3.66. The second-order valence-corrected chi connectivity index (χ2v) is 8.31. The maximum Gasteiger partial charge on any atom is 0.324 e. The van der Waals surface area contributed by atoms with Crippen molar-refractivity contribution in [3.8, 4) is 17.6 Å². The molecule has 4 heterocycles. The van der Waals surface area contributed by atoms with Gasteiger partial charge < -0.3 is 14.8 Å². The number of ether oxygens (including phenoxy) is 2. The molecule has 5 aromatic rings. The first-order valence-electron chi connectivity index (χ1n) is 11.5. The Morgan fingerprint density at radius 2 is 1.76 bits per heavy atom. The molecule has 5 rings (SSSR count). The van der Waals surface area contributed by atoms with Gasteiger partial charge in [-0.25, -0.2) is 19.5 Å². The molecule has 1 unspecified atom stereocenters. The third-order valence-corrected chi connectivity index (χ3v) is 5.45. The van der Waals surface area contributed by atoms with E-state index in [9.17, 15) is 9.18 Å². The highest BCUT2D eigenvalue weighted by Crippen LogP contribution is 2.26. The fraction of sp³-hybridized carbons (Fsp3) is 0.148. The third-order valence-electron chi connectivity index (χ3n) is 5.45. The van der Waals surface area contributed by atoms with Gasteiger partial charge in [0.15, 0.2) is 5.65 Å². The Kier molecular flexibility index (Phi) is 6.46. The molecule has 9 nitrogen and oxygen atoms in total. The van der Waals surface area contributed by atoms with Gasteiger partial charge in [-0.1, -0.05) is 30.3 Å². The van der Waals surface area contributed by atoms with Gasteiger partial charge in [0.25, 0.3) is 0 Å². The highest BCUT2D eigenvalue weighted by Gasteiger charge is 2.36. The number of benzene rings is 1. The van der Waals surface area contributed by atoms with Crippen LogP contribution < -0.4 is 14.8 Å². The molecule has 0 saturated heterocycles. The molecule has 0 spiro atoms. The third kappa shape index (κ3) is 5.22. The van der Waals surface area contributed by atoms with Gasteiger partial charge in [-0.3, -0.25) is 4.79 Å². The molecule has 0 radical (unpaired) electrons. The standard InChI is InChI=1S/C27H23FN6O3/c1-18-9-7-16-30-24(18)34-21-13-8-15-29-23(21)33-26(34)36-17-19-10-6-14-22(31-19)32-25(35)27(2,28)37-20-11-4-3-5-12-20/h3-16H,17H2,1-2H3,(H,31,32,35). The summed E-state index contributed by atoms with van der Waals surface area (Å²) in [5.41, 5.74) is 2.68. The second kappa shape index (κ2) is 10.0. The Balaban J connectivity index is 1.33. The summed E-state index contributed by atoms with van der Waals surface area (Å²) in [6.07, 6.45) is 3.35. The van der Waals surface area contributed by atoms with E-state index in [-0.39, 0.29) is 18.2 Å². The van der Waals surface area contributed by atoms with E-state index in [0.29, 0.717) is 23.2 Å². The molecule has 0 aliphatic carbocycles. The number of carbonyl (C=O) groups is 1. The molecule has 0 bridgehead atoms. The number of imidazole rings is 1. The van der Waals surface area contributed by atoms with Crippen molar-refractivity contribution < 1.29 is 18.7 Å². The Morgan fingerprint density at radius 1 is 0.973 bits per heavy atom. The summed E-state index contributed by atoms with van der Waals surface area (Å²) in [5, 5.41) is 2.46. The number of anilines is 1. The maximum atomic E-state index is 15.0. The molecule has 0 aliphatic heterocycles. The smallest absolute Gasteiger partial charge is 0.324 e. The number of aromatic nitrogens is 5. The largest absolute Gasteiger partial charge is 0.458 e. The van der Waals surface area contributed by atoms with Crippen molar-refractivity contribution in [1.29, 1.82) is 0 Å². The number of nitrogens with zero attached hydrogens (tertiary/aromatic N) is 5. The van der Waals surface area contributed by atoms with E-state index < -0.39 is 11.8 Å². The van der Waals surface area contributed by atoms with Crippen molar-refractivity contribution in [2.45, 2.75) is 26.3 Å². The van der Waals surface area contributed by atoms with Gasteiger partial charge in [0.1, 0.15) is 24.0 Å². The van der Waals surface area contributed by atoms with Crippen molar-refractivity contribution >= 4 is 22.9 Å². The average molecular weight is 499 g/mol. The van der Waals surface area contributed by atoms with Gasteiger partial charge in [-0.2, -0.15) is 9.37 Å². The van der Waals surface area contributed by atoms with Crippen molar-refractivity contribution in [2.24, 2.45) is 0 Å². The zero-order chi connectivity index (χ0) is 25.8. The Hall–Kier alpha value is -4.86. The van der Waals surface area contributed by atoms with E-state index in [0.717, 1.165) is 18.0 Å². The topological polar surface area (TPSA) is 104 Å². The van der Waals surface area contributed by atoms with Crippen LogP contribution in [0, 0.1) is 6.92 Å². The first-order chi connectivity index (χ1) is 17.9. The molecule has 10 heteroatoms. The minimum Gasteiger partial charge on any atom is -0.458 e. The summed E-state index contributed by atoms with van der Waals surface area (Å²) in [4.78, 5) is 30.3. The zero-order valence-corrected chi connectivity index (χ0v) is 20.1. The number of para-hydroxylation sites is 1. The Labute approximate surface area is 212 Å². The van der Waals surface area contributed by atoms with Gasteiger partial charge in [-0.15, -0.1) is 0 Å². The van der Waals surface area contributed by atoms with Gasteiger partial charge in [0, 0.05) is 19.3 Å². The molecule has 1 aromatic carbocycles. The lowest BCUT2D eigenvalue weighted by Crippen LogP contribution is -2.41. The minimum atomic E-state index is -2.60. The Morgan fingerprint density at radius 3 is 2.57 bits per heavy atom. The second-order valence-electron chi connectivity index (χ2n) is 8.31. The van der Waals surface area contributed by atoms with Crippen LogP contribution in [-0.2, 0) is 11.4 Å². The number of hydrogen-bond acceptors (Lipinski definition) is 7. The van der Waals surface area contributed by atoms with Crippen LogP contribution in [0.3, 0.4) is 0 Å². The fourth-order valence-corrected chi connectivity index (χ4v) is 3.66. The summed E-state index contributed by atoms with van der Waals surface area (Å²) >= 11 is 0. The van der Waals surface area contributed by atoms with Gasteiger partial charge in [0.2, 0.25) is 0 Å². The molecule has 1 N–H and O–H groups in total. The molecule has 4 aromatic heterocycles. The quantitative estimate of drug-likeness (QED) is 0.328. The number of carbonyl (C=O) groups excluding carboxylic acids is 1. The first-order valence-corrected chi connectivity index (χ1v) is 11.5. The number of alkyl halides is 1. The van der Waals surface area contributed by atoms with Crippen LogP contribution in [0.2, 0.25) is 0 Å². The molecular formula is C27H23FN6O3. The lowest BCUT2D eigenvalue weighted by Gasteiger charge is -2.21. The van der Waals surface area contributed by atoms with E-state index in [4.69, 9.17) is 9.47 Å². The number of nitrogens with one attached hydrogen (secondary N) is 1. The molecule has 1 amide bonds. The lowest BCUT2D eigenvalue weighted by atomic mass is 10.3. The van der Waals surface area contributed by atoms with E-state index in [1.807, 2.05) is 31.2 Å². The van der Waals surface area contributed by atoms with Crippen LogP contribution in [0.25, 0.3) is 17.0 Å². The van der Waals surface area contributed by atoms with E-state index in [2.05, 4.69) is 25.3 Å². The molecule has 0 saturated carbocycles. The number of fused-ring (bicyclic) bond motifs is 1. The molecule has 0 aliphatic rings. The molecule has 186 valence electrons. The molecule has 1 atom stereocenters. The number of aryl methyl sites for hydroxylation is 1. The average Bonchev–Trinajstić information content (AvgIpc) is 3.26. The van der Waals surface area contributed by atoms with Gasteiger partial charge in [0.05, 0.1) is 11.2 Å². The van der Waals surface area contributed by atoms with Crippen molar-refractivity contribution in [1.82, 2.24) is 24.5 Å². The highest BCUT2D eigenvalue weighted by atomic mass is 19.2. The van der Waals surface area contributed by atoms with Crippen molar-refractivity contribution in [2.75, 3.05) is 5.32 Å². The number of pyridine rings is 3. The summed E-state index contributed by atoms with van der Waals surface area (Å²) in [7, 11) is 0. The van der Waals surface area contributed by atoms with Crippen molar-refractivity contribution in [3.05, 3.63) is 96.4 Å². The van der Waals surface area contributed by atoms with E-state index in [1.54, 1.807) is 65.5 Å². The van der Waals surface area contributed by atoms with E-state index >= 15 is 0 Å². The molecule has 0 fully saturated rings. The van der Waals surface area contributed by atoms with Crippen molar-refractivity contribution in [3.63, 3.8) is 0 Å². The summed E-state index contributed by atoms with van der Waals surface area (Å²) in [6, 6.07) is 21.0. The summed E-state index contributed by atoms with van der Waals surface area (Å²) < 4.78 is 28.0. The summed E-state index contributed by atoms with van der Waals surface area (Å²) in [6.45, 7) is 3.02. The number of hydrogen-bond donors (Lipinski definition) is 1.